The van der Waals surface area contributed by atoms with Crippen LogP contribution in [0.4, 0.5) is 0 Å². The highest BCUT2D eigenvalue weighted by atomic mass is 16.6. The average Bonchev–Trinajstić information content (AvgIpc) is 2.89. The number of hydrogen-bond donors (Lipinski definition) is 0. The second kappa shape index (κ2) is 14.9. The van der Waals surface area contributed by atoms with Gasteiger partial charge in [-0.2, -0.15) is 0 Å². The molecule has 0 saturated heterocycles. The number of cyclic esters (lactones) is 3. The summed E-state index contributed by atoms with van der Waals surface area (Å²) in [6.07, 6.45) is 1.73. The second-order valence-corrected chi connectivity index (χ2v) is 9.03. The van der Waals surface area contributed by atoms with Crippen molar-refractivity contribution < 1.29 is 38.1 Å². The summed E-state index contributed by atoms with van der Waals surface area (Å²) >= 11 is 0. The molecule has 5 atom stereocenters. The van der Waals surface area contributed by atoms with Crippen molar-refractivity contribution >= 4 is 17.9 Å². The van der Waals surface area contributed by atoms with Crippen LogP contribution in [0.1, 0.15) is 38.3 Å². The molecule has 1 aliphatic heterocycles. The molecule has 38 heavy (non-hydrogen) atoms. The first-order valence-corrected chi connectivity index (χ1v) is 12.6. The molecule has 0 aromatic heterocycles. The number of benzene rings is 2. The summed E-state index contributed by atoms with van der Waals surface area (Å²) in [7, 11) is 0. The minimum Gasteiger partial charge on any atom is -0.459 e. The molecule has 8 heteroatoms. The van der Waals surface area contributed by atoms with Gasteiger partial charge in [0, 0.05) is 12.2 Å². The molecule has 1 aliphatic rings. The maximum Gasteiger partial charge on any atom is 0.330 e. The van der Waals surface area contributed by atoms with Crippen LogP contribution in [-0.4, -0.2) is 48.4 Å². The van der Waals surface area contributed by atoms with Gasteiger partial charge in [0.05, 0.1) is 19.6 Å². The van der Waals surface area contributed by atoms with Crippen molar-refractivity contribution in [3.8, 4) is 0 Å². The molecule has 0 fully saturated rings. The van der Waals surface area contributed by atoms with Gasteiger partial charge in [-0.1, -0.05) is 60.7 Å². The van der Waals surface area contributed by atoms with E-state index in [2.05, 4.69) is 0 Å². The van der Waals surface area contributed by atoms with Crippen LogP contribution in [0.2, 0.25) is 0 Å². The van der Waals surface area contributed by atoms with Crippen LogP contribution in [0.3, 0.4) is 0 Å². The van der Waals surface area contributed by atoms with Gasteiger partial charge in [0.2, 0.25) is 0 Å². The third kappa shape index (κ3) is 9.95. The molecule has 0 spiro atoms. The zero-order valence-electron chi connectivity index (χ0n) is 21.9. The number of hydrogen-bond acceptors (Lipinski definition) is 8. The molecule has 0 aliphatic carbocycles. The SMILES string of the molecule is C[C@@H]1OC(=O)/C=C/[C@@H](OCc2ccccc2)[C@H](C)OC(=O)C[C@H](C)OC(=O)/C=C/[C@H]1OCc1ccccc1. The number of carbonyl (C=O) groups is 3. The monoisotopic (exact) mass is 522 g/mol. The summed E-state index contributed by atoms with van der Waals surface area (Å²) < 4.78 is 28.3. The molecule has 0 radical (unpaired) electrons. The smallest absolute Gasteiger partial charge is 0.330 e. The molecular formula is C30H34O8. The van der Waals surface area contributed by atoms with Gasteiger partial charge >= 0.3 is 17.9 Å². The summed E-state index contributed by atoms with van der Waals surface area (Å²) in [6.45, 7) is 5.45. The number of esters is 3. The highest BCUT2D eigenvalue weighted by Gasteiger charge is 2.24. The molecule has 0 unspecified atom stereocenters. The van der Waals surface area contributed by atoms with Crippen molar-refractivity contribution in [3.63, 3.8) is 0 Å². The number of rotatable bonds is 6. The predicted octanol–water partition coefficient (Wildman–Crippen LogP) is 4.47. The molecule has 202 valence electrons. The largest absolute Gasteiger partial charge is 0.459 e. The Morgan fingerprint density at radius 2 is 1.11 bits per heavy atom. The van der Waals surface area contributed by atoms with E-state index in [1.165, 1.54) is 24.3 Å². The number of ether oxygens (including phenoxy) is 5. The lowest BCUT2D eigenvalue weighted by Gasteiger charge is -2.24. The van der Waals surface area contributed by atoms with E-state index in [-0.39, 0.29) is 19.6 Å². The Labute approximate surface area is 223 Å². The average molecular weight is 523 g/mol. The molecule has 0 bridgehead atoms. The van der Waals surface area contributed by atoms with Crippen LogP contribution in [0, 0.1) is 0 Å². The van der Waals surface area contributed by atoms with Gasteiger partial charge < -0.3 is 23.7 Å². The maximum atomic E-state index is 12.7. The Morgan fingerprint density at radius 1 is 0.658 bits per heavy atom. The van der Waals surface area contributed by atoms with Gasteiger partial charge in [-0.05, 0) is 44.1 Å². The van der Waals surface area contributed by atoms with E-state index in [1.54, 1.807) is 20.8 Å². The van der Waals surface area contributed by atoms with Crippen molar-refractivity contribution in [3.05, 3.63) is 96.1 Å². The first-order valence-electron chi connectivity index (χ1n) is 12.6. The zero-order chi connectivity index (χ0) is 27.3. The summed E-state index contributed by atoms with van der Waals surface area (Å²) in [4.78, 5) is 37.5. The Morgan fingerprint density at radius 3 is 1.61 bits per heavy atom. The lowest BCUT2D eigenvalue weighted by Crippen LogP contribution is -2.32. The van der Waals surface area contributed by atoms with Crippen LogP contribution in [0.15, 0.2) is 85.0 Å². The molecule has 2 aromatic rings. The van der Waals surface area contributed by atoms with Gasteiger partial charge in [0.25, 0.3) is 0 Å². The van der Waals surface area contributed by atoms with Crippen molar-refractivity contribution in [2.75, 3.05) is 0 Å². The molecule has 8 nitrogen and oxygen atoms in total. The fourth-order valence-corrected chi connectivity index (χ4v) is 3.70. The van der Waals surface area contributed by atoms with Gasteiger partial charge in [0.1, 0.15) is 30.5 Å². The highest BCUT2D eigenvalue weighted by molar-refractivity contribution is 5.83. The Bertz CT molecular complexity index is 1100. The predicted molar refractivity (Wildman–Crippen MR) is 140 cm³/mol. The standard InChI is InChI=1S/C30H34O8/c1-21-18-30(33)38-23(3)27(35-20-25-12-8-5-9-13-25)15-17-29(32)37-22(2)26(14-16-28(31)36-21)34-19-24-10-6-4-7-11-24/h4-17,21-23,26-27H,18-20H2,1-3H3/b16-14+,17-15+/t21-,22-,23-,26+,27+/m0/s1. The molecule has 0 saturated carbocycles. The normalized spacial score (nSPS) is 27.0. The van der Waals surface area contributed by atoms with Gasteiger partial charge in [-0.3, -0.25) is 4.79 Å². The van der Waals surface area contributed by atoms with Crippen LogP contribution in [0.25, 0.3) is 0 Å². The third-order valence-corrected chi connectivity index (χ3v) is 5.73. The minimum absolute atomic E-state index is 0.134. The Kier molecular flexibility index (Phi) is 11.3. The molecule has 1 heterocycles. The lowest BCUT2D eigenvalue weighted by atomic mass is 10.1. The van der Waals surface area contributed by atoms with Gasteiger partial charge in [-0.25, -0.2) is 9.59 Å². The van der Waals surface area contributed by atoms with E-state index in [4.69, 9.17) is 23.7 Å². The molecule has 0 amide bonds. The van der Waals surface area contributed by atoms with Crippen LogP contribution in [-0.2, 0) is 51.3 Å². The lowest BCUT2D eigenvalue weighted by molar-refractivity contribution is -0.159. The molecule has 3 rings (SSSR count). The van der Waals surface area contributed by atoms with E-state index in [0.717, 1.165) is 11.1 Å². The quantitative estimate of drug-likeness (QED) is 0.405. The second-order valence-electron chi connectivity index (χ2n) is 9.03. The maximum absolute atomic E-state index is 12.7. The van der Waals surface area contributed by atoms with E-state index in [9.17, 15) is 14.4 Å². The minimum atomic E-state index is -0.725. The zero-order valence-corrected chi connectivity index (χ0v) is 21.9. The summed E-state index contributed by atoms with van der Waals surface area (Å²) in [5.41, 5.74) is 1.85. The van der Waals surface area contributed by atoms with Crippen LogP contribution < -0.4 is 0 Å². The van der Waals surface area contributed by atoms with E-state index in [0.29, 0.717) is 0 Å². The summed E-state index contributed by atoms with van der Waals surface area (Å²) in [5, 5.41) is 0. The van der Waals surface area contributed by atoms with Crippen LogP contribution in [0.5, 0.6) is 0 Å². The molecule has 2 aromatic carbocycles. The van der Waals surface area contributed by atoms with Gasteiger partial charge in [-0.15, -0.1) is 0 Å². The van der Waals surface area contributed by atoms with Gasteiger partial charge in [0.15, 0.2) is 0 Å². The fourth-order valence-electron chi connectivity index (χ4n) is 3.70. The Balaban J connectivity index is 1.77. The van der Waals surface area contributed by atoms with E-state index < -0.39 is 48.4 Å². The summed E-state index contributed by atoms with van der Waals surface area (Å²) in [5.74, 6) is -1.84. The van der Waals surface area contributed by atoms with E-state index >= 15 is 0 Å². The number of carbonyl (C=O) groups excluding carboxylic acids is 3. The third-order valence-electron chi connectivity index (χ3n) is 5.73. The fraction of sp³-hybridized carbons (Fsp3) is 0.367. The van der Waals surface area contributed by atoms with Crippen molar-refractivity contribution in [1.29, 1.82) is 0 Å². The molecule has 0 N–H and O–H groups in total. The first-order chi connectivity index (χ1) is 18.3. The Hall–Kier alpha value is -3.75. The highest BCUT2D eigenvalue weighted by Crippen LogP contribution is 2.15. The van der Waals surface area contributed by atoms with E-state index in [1.807, 2.05) is 60.7 Å². The topological polar surface area (TPSA) is 97.4 Å². The summed E-state index contributed by atoms with van der Waals surface area (Å²) in [6, 6.07) is 19.0. The van der Waals surface area contributed by atoms with Crippen molar-refractivity contribution in [1.82, 2.24) is 0 Å². The molecular weight excluding hydrogens is 488 g/mol. The van der Waals surface area contributed by atoms with Crippen molar-refractivity contribution in [2.45, 2.75) is 70.9 Å². The van der Waals surface area contributed by atoms with Crippen LogP contribution >= 0.6 is 0 Å². The van der Waals surface area contributed by atoms with Crippen molar-refractivity contribution in [2.24, 2.45) is 0 Å². The first kappa shape index (κ1) is 28.8.